The minimum Gasteiger partial charge on any atom is -0.472 e. The van der Waals surface area contributed by atoms with E-state index in [1.54, 1.807) is 30.4 Å². The maximum atomic E-state index is 12.3. The molecule has 112 valence electrons. The molecule has 1 unspecified atom stereocenters. The molecule has 0 radical (unpaired) electrons. The first-order valence-electron chi connectivity index (χ1n) is 6.78. The van der Waals surface area contributed by atoms with Gasteiger partial charge in [-0.1, -0.05) is 12.1 Å². The molecule has 2 rings (SSSR count). The summed E-state index contributed by atoms with van der Waals surface area (Å²) in [5.41, 5.74) is 2.50. The number of hydrogen-bond acceptors (Lipinski definition) is 4. The number of thioether (sulfide) groups is 1. The van der Waals surface area contributed by atoms with Crippen LogP contribution in [0.25, 0.3) is 11.1 Å². The highest BCUT2D eigenvalue weighted by atomic mass is 32.2. The Bertz CT molecular complexity index is 563. The molecule has 4 nitrogen and oxygen atoms in total. The third kappa shape index (κ3) is 4.37. The van der Waals surface area contributed by atoms with Crippen molar-refractivity contribution in [3.8, 4) is 11.1 Å². The van der Waals surface area contributed by atoms with Gasteiger partial charge in [0.2, 0.25) is 0 Å². The van der Waals surface area contributed by atoms with E-state index in [0.717, 1.165) is 16.9 Å². The first kappa shape index (κ1) is 15.7. The number of furan rings is 1. The lowest BCUT2D eigenvalue weighted by Gasteiger charge is -2.16. The fourth-order valence-electron chi connectivity index (χ4n) is 2.09. The number of rotatable bonds is 7. The number of aliphatic hydroxyl groups excluding tert-OH is 1. The Morgan fingerprint density at radius 2 is 2.24 bits per heavy atom. The van der Waals surface area contributed by atoms with E-state index in [-0.39, 0.29) is 18.6 Å². The zero-order valence-corrected chi connectivity index (χ0v) is 12.7. The van der Waals surface area contributed by atoms with Crippen molar-refractivity contribution in [3.63, 3.8) is 0 Å². The van der Waals surface area contributed by atoms with Gasteiger partial charge in [-0.2, -0.15) is 11.8 Å². The summed E-state index contributed by atoms with van der Waals surface area (Å²) in [6.45, 7) is 0.0700. The second kappa shape index (κ2) is 7.90. The molecule has 1 atom stereocenters. The Hall–Kier alpha value is -1.72. The van der Waals surface area contributed by atoms with Gasteiger partial charge in [-0.25, -0.2) is 0 Å². The van der Waals surface area contributed by atoms with Crippen molar-refractivity contribution in [2.75, 3.05) is 18.6 Å². The summed E-state index contributed by atoms with van der Waals surface area (Å²) in [5.74, 6) is 0.668. The van der Waals surface area contributed by atoms with Gasteiger partial charge in [0.05, 0.1) is 12.5 Å². The molecule has 0 spiro atoms. The monoisotopic (exact) mass is 305 g/mol. The molecular weight excluding hydrogens is 286 g/mol. The van der Waals surface area contributed by atoms with Crippen LogP contribution < -0.4 is 5.32 Å². The Morgan fingerprint density at radius 3 is 2.90 bits per heavy atom. The van der Waals surface area contributed by atoms with Crippen LogP contribution >= 0.6 is 11.8 Å². The summed E-state index contributed by atoms with van der Waals surface area (Å²) in [5, 5.41) is 12.0. The predicted molar refractivity (Wildman–Crippen MR) is 85.5 cm³/mol. The average Bonchev–Trinajstić information content (AvgIpc) is 3.02. The summed E-state index contributed by atoms with van der Waals surface area (Å²) < 4.78 is 5.07. The van der Waals surface area contributed by atoms with E-state index in [2.05, 4.69) is 5.32 Å². The molecule has 0 saturated carbocycles. The Kier molecular flexibility index (Phi) is 5.90. The van der Waals surface area contributed by atoms with Gasteiger partial charge >= 0.3 is 0 Å². The van der Waals surface area contributed by atoms with Gasteiger partial charge in [0.25, 0.3) is 5.91 Å². The second-order valence-electron chi connectivity index (χ2n) is 4.73. The van der Waals surface area contributed by atoms with E-state index in [1.807, 2.05) is 30.5 Å². The zero-order chi connectivity index (χ0) is 15.1. The highest BCUT2D eigenvalue weighted by Crippen LogP contribution is 2.20. The van der Waals surface area contributed by atoms with Crippen LogP contribution in [0.2, 0.25) is 0 Å². The molecule has 0 aliphatic heterocycles. The first-order chi connectivity index (χ1) is 10.2. The fourth-order valence-corrected chi connectivity index (χ4v) is 2.74. The molecule has 1 heterocycles. The van der Waals surface area contributed by atoms with E-state index in [1.165, 1.54) is 0 Å². The van der Waals surface area contributed by atoms with Crippen LogP contribution in [0.3, 0.4) is 0 Å². The lowest BCUT2D eigenvalue weighted by molar-refractivity contribution is 0.0935. The number of benzene rings is 1. The normalized spacial score (nSPS) is 12.1. The van der Waals surface area contributed by atoms with E-state index in [0.29, 0.717) is 12.0 Å². The minimum atomic E-state index is -0.118. The largest absolute Gasteiger partial charge is 0.472 e. The lowest BCUT2D eigenvalue weighted by atomic mass is 10.1. The quantitative estimate of drug-likeness (QED) is 0.825. The van der Waals surface area contributed by atoms with Crippen LogP contribution in [-0.4, -0.2) is 35.7 Å². The van der Waals surface area contributed by atoms with Gasteiger partial charge in [0, 0.05) is 29.5 Å². The molecular formula is C16H19NO3S. The molecule has 2 N–H and O–H groups in total. The highest BCUT2D eigenvalue weighted by molar-refractivity contribution is 7.98. The molecule has 5 heteroatoms. The Morgan fingerprint density at radius 1 is 1.38 bits per heavy atom. The molecule has 0 fully saturated rings. The van der Waals surface area contributed by atoms with E-state index < -0.39 is 0 Å². The number of carbonyl (C=O) groups is 1. The first-order valence-corrected chi connectivity index (χ1v) is 8.17. The summed E-state index contributed by atoms with van der Waals surface area (Å²) in [4.78, 5) is 12.3. The van der Waals surface area contributed by atoms with Crippen LogP contribution in [0.1, 0.15) is 16.8 Å². The lowest BCUT2D eigenvalue weighted by Crippen LogP contribution is -2.37. The van der Waals surface area contributed by atoms with Gasteiger partial charge in [0.1, 0.15) is 0 Å². The number of hydrogen-bond donors (Lipinski definition) is 2. The average molecular weight is 305 g/mol. The molecule has 21 heavy (non-hydrogen) atoms. The third-order valence-corrected chi connectivity index (χ3v) is 3.90. The molecule has 1 amide bonds. The molecule has 0 bridgehead atoms. The van der Waals surface area contributed by atoms with Gasteiger partial charge in [-0.3, -0.25) is 4.79 Å². The van der Waals surface area contributed by atoms with Crippen molar-refractivity contribution in [1.82, 2.24) is 5.32 Å². The van der Waals surface area contributed by atoms with E-state index in [4.69, 9.17) is 9.52 Å². The van der Waals surface area contributed by atoms with E-state index in [9.17, 15) is 4.79 Å². The van der Waals surface area contributed by atoms with Gasteiger partial charge < -0.3 is 14.8 Å². The van der Waals surface area contributed by atoms with E-state index >= 15 is 0 Å². The van der Waals surface area contributed by atoms with Crippen molar-refractivity contribution >= 4 is 17.7 Å². The van der Waals surface area contributed by atoms with Crippen molar-refractivity contribution in [3.05, 3.63) is 48.4 Å². The van der Waals surface area contributed by atoms with Crippen molar-refractivity contribution < 1.29 is 14.3 Å². The molecule has 1 aromatic carbocycles. The molecule has 1 aromatic heterocycles. The van der Waals surface area contributed by atoms with Crippen molar-refractivity contribution in [2.24, 2.45) is 0 Å². The number of aliphatic hydroxyl groups is 1. The SMILES string of the molecule is CSCC(CCO)NC(=O)c1cccc(-c2ccoc2)c1. The standard InChI is InChI=1S/C16H19NO3S/c1-21-11-15(5-7-18)17-16(19)13-4-2-3-12(9-13)14-6-8-20-10-14/h2-4,6,8-10,15,18H,5,7,11H2,1H3,(H,17,19). The van der Waals surface area contributed by atoms with Gasteiger partial charge in [0.15, 0.2) is 0 Å². The van der Waals surface area contributed by atoms with Crippen LogP contribution in [0.4, 0.5) is 0 Å². The second-order valence-corrected chi connectivity index (χ2v) is 5.64. The summed E-state index contributed by atoms with van der Waals surface area (Å²) in [7, 11) is 0. The minimum absolute atomic E-state index is 0.0184. The van der Waals surface area contributed by atoms with Crippen LogP contribution in [-0.2, 0) is 0 Å². The highest BCUT2D eigenvalue weighted by Gasteiger charge is 2.13. The van der Waals surface area contributed by atoms with Crippen molar-refractivity contribution in [1.29, 1.82) is 0 Å². The molecule has 0 aliphatic rings. The number of nitrogens with one attached hydrogen (secondary N) is 1. The van der Waals surface area contributed by atoms with Crippen LogP contribution in [0.15, 0.2) is 47.3 Å². The topological polar surface area (TPSA) is 62.5 Å². The number of carbonyl (C=O) groups excluding carboxylic acids is 1. The molecule has 0 aliphatic carbocycles. The van der Waals surface area contributed by atoms with Crippen LogP contribution in [0.5, 0.6) is 0 Å². The summed E-state index contributed by atoms with van der Waals surface area (Å²) >= 11 is 1.65. The van der Waals surface area contributed by atoms with Crippen LogP contribution in [0, 0.1) is 0 Å². The van der Waals surface area contributed by atoms with Gasteiger partial charge in [-0.05, 0) is 36.4 Å². The van der Waals surface area contributed by atoms with Gasteiger partial charge in [-0.15, -0.1) is 0 Å². The molecule has 0 saturated heterocycles. The maximum absolute atomic E-state index is 12.3. The maximum Gasteiger partial charge on any atom is 0.251 e. The smallest absolute Gasteiger partial charge is 0.251 e. The van der Waals surface area contributed by atoms with Crippen molar-refractivity contribution in [2.45, 2.75) is 12.5 Å². The molecule has 2 aromatic rings. The Labute approximate surface area is 128 Å². The fraction of sp³-hybridized carbons (Fsp3) is 0.312. The summed E-state index contributed by atoms with van der Waals surface area (Å²) in [6, 6.07) is 9.26. The number of amides is 1. The predicted octanol–water partition coefficient (Wildman–Crippen LogP) is 2.79. The zero-order valence-electron chi connectivity index (χ0n) is 11.9. The Balaban J connectivity index is 2.10. The third-order valence-electron chi connectivity index (χ3n) is 3.16. The summed E-state index contributed by atoms with van der Waals surface area (Å²) in [6.07, 6.45) is 5.81.